The fraction of sp³-hybridized carbons (Fsp3) is 0.259. The molecule has 0 aliphatic heterocycles. The van der Waals surface area contributed by atoms with Crippen LogP contribution in [0.15, 0.2) is 70.3 Å². The Kier molecular flexibility index (Phi) is 7.49. The summed E-state index contributed by atoms with van der Waals surface area (Å²) in [5, 5.41) is 10.8. The molecule has 0 aliphatic rings. The van der Waals surface area contributed by atoms with Gasteiger partial charge in [0.05, 0.1) is 0 Å². The maximum absolute atomic E-state index is 13.1. The van der Waals surface area contributed by atoms with Crippen LogP contribution in [0.4, 0.5) is 0 Å². The molecule has 7 nitrogen and oxygen atoms in total. The third-order valence-electron chi connectivity index (χ3n) is 5.96. The van der Waals surface area contributed by atoms with Crippen molar-refractivity contribution in [2.45, 2.75) is 19.7 Å². The Labute approximate surface area is 220 Å². The van der Waals surface area contributed by atoms with E-state index in [1.165, 1.54) is 0 Å². The Balaban J connectivity index is 1.35. The minimum atomic E-state index is -0.0849. The first-order valence-corrected chi connectivity index (χ1v) is 14.9. The Hall–Kier alpha value is -2.64. The van der Waals surface area contributed by atoms with Crippen LogP contribution in [0.3, 0.4) is 0 Å². The number of aliphatic hydroxyl groups is 1. The number of rotatable bonds is 9. The van der Waals surface area contributed by atoms with E-state index in [-0.39, 0.29) is 47.2 Å². The zero-order valence-electron chi connectivity index (χ0n) is 20.1. The predicted octanol–water partition coefficient (Wildman–Crippen LogP) is 1.96. The van der Waals surface area contributed by atoms with Crippen LogP contribution in [0.25, 0.3) is 19.3 Å². The van der Waals surface area contributed by atoms with E-state index in [1.54, 1.807) is 6.07 Å². The summed E-state index contributed by atoms with van der Waals surface area (Å²) in [5.41, 5.74) is 2.92. The van der Waals surface area contributed by atoms with Crippen molar-refractivity contribution in [3.05, 3.63) is 98.1 Å². The molecule has 186 valence electrons. The molecule has 0 bridgehead atoms. The fourth-order valence-electron chi connectivity index (χ4n) is 4.07. The molecule has 5 rings (SSSR count). The summed E-state index contributed by atoms with van der Waals surface area (Å²) in [6.07, 6.45) is 0. The van der Waals surface area contributed by atoms with Gasteiger partial charge in [-0.2, -0.15) is 0 Å². The quantitative estimate of drug-likeness (QED) is 0.257. The van der Waals surface area contributed by atoms with E-state index < -0.39 is 0 Å². The van der Waals surface area contributed by atoms with Crippen molar-refractivity contribution in [2.24, 2.45) is 0 Å². The number of hydrogen-bond acceptors (Lipinski definition) is 5. The monoisotopic (exact) mass is 617 g/mol. The van der Waals surface area contributed by atoms with Gasteiger partial charge in [-0.15, -0.1) is 0 Å². The molecule has 2 heterocycles. The first-order valence-electron chi connectivity index (χ1n) is 11.6. The summed E-state index contributed by atoms with van der Waals surface area (Å²) in [5.74, 6) is 0.729. The van der Waals surface area contributed by atoms with Crippen molar-refractivity contribution in [3.63, 3.8) is 0 Å². The summed E-state index contributed by atoms with van der Waals surface area (Å²) in [6, 6.07) is 19.6. The number of hydrogen-bond donors (Lipinski definition) is 1. The molecule has 1 N–H and O–H groups in total. The fourth-order valence-corrected chi connectivity index (χ4v) is 8.29. The van der Waals surface area contributed by atoms with E-state index >= 15 is 0 Å². The number of aromatic nitrogens is 2. The van der Waals surface area contributed by atoms with Gasteiger partial charge in [0.25, 0.3) is 0 Å². The first-order chi connectivity index (χ1) is 17.4. The normalized spacial score (nSPS) is 11.7. The predicted molar refractivity (Wildman–Crippen MR) is 145 cm³/mol. The average Bonchev–Trinajstić information content (AvgIpc) is 3.34. The number of aliphatic hydroxyl groups excluding tert-OH is 1. The number of likely N-dealkylation sites (N-methyl/N-ethyl adjacent to an activating group) is 1. The van der Waals surface area contributed by atoms with Gasteiger partial charge in [0.2, 0.25) is 0 Å². The van der Waals surface area contributed by atoms with Gasteiger partial charge in [-0.3, -0.25) is 0 Å². The van der Waals surface area contributed by atoms with E-state index in [9.17, 15) is 14.7 Å². The van der Waals surface area contributed by atoms with Gasteiger partial charge in [0.15, 0.2) is 0 Å². The first kappa shape index (κ1) is 25.0. The van der Waals surface area contributed by atoms with Crippen LogP contribution in [-0.2, 0) is 19.7 Å². The summed E-state index contributed by atoms with van der Waals surface area (Å²) >= 11 is -0.164. The van der Waals surface area contributed by atoms with Crippen LogP contribution in [0.2, 0.25) is 0 Å². The van der Waals surface area contributed by atoms with Crippen molar-refractivity contribution < 1.29 is 9.84 Å². The Bertz CT molecular complexity index is 1640. The van der Waals surface area contributed by atoms with Gasteiger partial charge in [-0.25, -0.2) is 0 Å². The molecule has 3 aromatic carbocycles. The van der Waals surface area contributed by atoms with E-state index in [4.69, 9.17) is 4.74 Å². The number of fused-ring (bicyclic) bond motifs is 2. The van der Waals surface area contributed by atoms with Crippen LogP contribution < -0.4 is 15.9 Å². The molecule has 36 heavy (non-hydrogen) atoms. The molecule has 0 saturated carbocycles. The molecule has 0 unspecified atom stereocenters. The summed E-state index contributed by atoms with van der Waals surface area (Å²) < 4.78 is 11.7. The Morgan fingerprint density at radius 3 is 2.03 bits per heavy atom. The van der Waals surface area contributed by atoms with Gasteiger partial charge in [0.1, 0.15) is 0 Å². The topological polar surface area (TPSA) is 76.7 Å². The van der Waals surface area contributed by atoms with Crippen molar-refractivity contribution >= 4 is 48.8 Å². The maximum atomic E-state index is 13.1. The summed E-state index contributed by atoms with van der Waals surface area (Å²) in [7, 11) is 4.00. The molecule has 0 atom stereocenters. The SMILES string of the molecule is CN(C)CCOc1ccc2[se]n(Cc3cccc(Cn4[se]c5ccc(CO)cc5c4=O)c3)c(=O)c2c1. The van der Waals surface area contributed by atoms with Gasteiger partial charge in [0, 0.05) is 0 Å². The van der Waals surface area contributed by atoms with Crippen LogP contribution in [-0.4, -0.2) is 73.8 Å². The van der Waals surface area contributed by atoms with E-state index in [1.807, 2.05) is 69.8 Å². The summed E-state index contributed by atoms with van der Waals surface area (Å²) in [6.45, 7) is 2.40. The van der Waals surface area contributed by atoms with Crippen molar-refractivity contribution in [2.75, 3.05) is 27.2 Å². The number of ether oxygens (including phenoxy) is 1. The van der Waals surface area contributed by atoms with Gasteiger partial charge >= 0.3 is 221 Å². The van der Waals surface area contributed by atoms with E-state index in [0.717, 1.165) is 42.9 Å². The van der Waals surface area contributed by atoms with Crippen LogP contribution in [0.1, 0.15) is 16.7 Å². The second kappa shape index (κ2) is 10.8. The summed E-state index contributed by atoms with van der Waals surface area (Å²) in [4.78, 5) is 28.1. The number of benzene rings is 3. The van der Waals surface area contributed by atoms with Gasteiger partial charge < -0.3 is 0 Å². The van der Waals surface area contributed by atoms with E-state index in [0.29, 0.717) is 25.1 Å². The minimum absolute atomic E-state index is 0.0165. The second-order valence-corrected chi connectivity index (χ2v) is 13.4. The third-order valence-corrected chi connectivity index (χ3v) is 10.4. The van der Waals surface area contributed by atoms with Crippen molar-refractivity contribution in [1.82, 2.24) is 12.0 Å². The molecule has 0 fully saturated rings. The zero-order chi connectivity index (χ0) is 25.2. The average molecular weight is 615 g/mol. The van der Waals surface area contributed by atoms with Gasteiger partial charge in [-0.1, -0.05) is 0 Å². The molecule has 0 spiro atoms. The van der Waals surface area contributed by atoms with Gasteiger partial charge in [-0.05, 0) is 0 Å². The molecule has 5 aromatic rings. The Morgan fingerprint density at radius 2 is 1.42 bits per heavy atom. The molecular weight excluding hydrogens is 588 g/mol. The molecule has 0 saturated heterocycles. The molecule has 0 aliphatic carbocycles. The third kappa shape index (κ3) is 5.37. The molecule has 9 heteroatoms. The molecular formula is C27H27N3O4Se2. The Morgan fingerprint density at radius 1 is 0.806 bits per heavy atom. The standard InChI is InChI=1S/C27H27N3O4Se2/c1-28(2)10-11-34-21-7-9-25-23(14-21)27(33)30(36-25)16-19-5-3-4-18(12-19)15-29-26(32)22-13-20(17-31)6-8-24(22)35-29/h3-9,12-14,31H,10-11,15-17H2,1-2H3. The van der Waals surface area contributed by atoms with Crippen LogP contribution >= 0.6 is 0 Å². The van der Waals surface area contributed by atoms with Crippen molar-refractivity contribution in [1.29, 1.82) is 0 Å². The molecule has 0 radical (unpaired) electrons. The van der Waals surface area contributed by atoms with E-state index in [2.05, 4.69) is 11.0 Å². The molecule has 2 aromatic heterocycles. The van der Waals surface area contributed by atoms with Crippen molar-refractivity contribution in [3.8, 4) is 5.75 Å². The number of nitrogens with zero attached hydrogens (tertiary/aromatic N) is 3. The molecule has 0 amide bonds. The van der Waals surface area contributed by atoms with Crippen LogP contribution in [0.5, 0.6) is 5.75 Å². The zero-order valence-corrected chi connectivity index (χ0v) is 23.6. The van der Waals surface area contributed by atoms with Crippen LogP contribution in [0, 0.1) is 0 Å². The second-order valence-electron chi connectivity index (χ2n) is 8.98.